The molecule has 0 bridgehead atoms. The van der Waals surface area contributed by atoms with Gasteiger partial charge in [-0.1, -0.05) is 30.3 Å². The molecule has 0 fully saturated rings. The summed E-state index contributed by atoms with van der Waals surface area (Å²) in [6.07, 6.45) is 3.73. The lowest BCUT2D eigenvalue weighted by Crippen LogP contribution is -2.17. The maximum atomic E-state index is 6.43. The number of hydrogen-bond donors (Lipinski definition) is 1. The Morgan fingerprint density at radius 1 is 1.00 bits per heavy atom. The molecule has 2 aromatic carbocycles. The van der Waals surface area contributed by atoms with Crippen LogP contribution >= 0.6 is 0 Å². The summed E-state index contributed by atoms with van der Waals surface area (Å²) in [5, 5.41) is 0. The van der Waals surface area contributed by atoms with Gasteiger partial charge in [-0.05, 0) is 29.8 Å². The molecule has 4 heteroatoms. The van der Waals surface area contributed by atoms with Gasteiger partial charge in [0.1, 0.15) is 5.82 Å². The van der Waals surface area contributed by atoms with Crippen LogP contribution in [0.5, 0.6) is 0 Å². The van der Waals surface area contributed by atoms with Crippen LogP contribution in [0.15, 0.2) is 67.0 Å². The van der Waals surface area contributed by atoms with Crippen LogP contribution in [0.1, 0.15) is 17.4 Å². The molecule has 0 aliphatic carbocycles. The molecule has 1 heterocycles. The standard InChI is InChI=1S/C18H20N4/c1-21(2)15-10-8-14(9-11-15)17(19)18-20-12-13-22(18)16-6-4-3-5-7-16/h3-13,17H,19H2,1-2H3. The maximum Gasteiger partial charge on any atom is 0.134 e. The maximum absolute atomic E-state index is 6.43. The molecule has 0 radical (unpaired) electrons. The highest BCUT2D eigenvalue weighted by Gasteiger charge is 2.15. The number of anilines is 1. The quantitative estimate of drug-likeness (QED) is 0.804. The summed E-state index contributed by atoms with van der Waals surface area (Å²) in [7, 11) is 4.05. The number of nitrogens with two attached hydrogens (primary N) is 1. The minimum Gasteiger partial charge on any atom is -0.378 e. The number of rotatable bonds is 4. The van der Waals surface area contributed by atoms with Crippen LogP contribution in [0, 0.1) is 0 Å². The van der Waals surface area contributed by atoms with Crippen LogP contribution in [-0.4, -0.2) is 23.6 Å². The van der Waals surface area contributed by atoms with Gasteiger partial charge < -0.3 is 15.2 Å². The number of imidazole rings is 1. The Bertz CT molecular complexity index is 729. The minimum atomic E-state index is -0.258. The Labute approximate surface area is 130 Å². The number of para-hydroxylation sites is 1. The minimum absolute atomic E-state index is 0.258. The van der Waals surface area contributed by atoms with E-state index in [4.69, 9.17) is 5.73 Å². The average molecular weight is 292 g/mol. The van der Waals surface area contributed by atoms with Crippen molar-refractivity contribution in [3.63, 3.8) is 0 Å². The van der Waals surface area contributed by atoms with E-state index in [1.807, 2.05) is 55.2 Å². The molecule has 3 rings (SSSR count). The van der Waals surface area contributed by atoms with E-state index < -0.39 is 0 Å². The largest absolute Gasteiger partial charge is 0.378 e. The van der Waals surface area contributed by atoms with Gasteiger partial charge in [0.05, 0.1) is 6.04 Å². The van der Waals surface area contributed by atoms with Crippen molar-refractivity contribution >= 4 is 5.69 Å². The first kappa shape index (κ1) is 14.4. The Kier molecular flexibility index (Phi) is 3.94. The molecule has 0 amide bonds. The molecule has 0 saturated carbocycles. The number of benzene rings is 2. The van der Waals surface area contributed by atoms with Gasteiger partial charge in [0.25, 0.3) is 0 Å². The molecule has 0 aliphatic rings. The summed E-state index contributed by atoms with van der Waals surface area (Å²) in [6.45, 7) is 0. The average Bonchev–Trinajstić information content (AvgIpc) is 3.04. The normalized spacial score (nSPS) is 12.1. The fourth-order valence-electron chi connectivity index (χ4n) is 2.48. The summed E-state index contributed by atoms with van der Waals surface area (Å²) in [5.41, 5.74) is 9.70. The van der Waals surface area contributed by atoms with Gasteiger partial charge in [0, 0.05) is 37.9 Å². The first-order chi connectivity index (χ1) is 10.7. The van der Waals surface area contributed by atoms with E-state index >= 15 is 0 Å². The van der Waals surface area contributed by atoms with E-state index in [2.05, 4.69) is 34.1 Å². The zero-order chi connectivity index (χ0) is 15.5. The van der Waals surface area contributed by atoms with E-state index in [1.54, 1.807) is 6.20 Å². The Morgan fingerprint density at radius 2 is 1.68 bits per heavy atom. The second kappa shape index (κ2) is 6.03. The molecule has 2 N–H and O–H groups in total. The third kappa shape index (κ3) is 2.73. The molecule has 0 saturated heterocycles. The molecule has 1 unspecified atom stereocenters. The summed E-state index contributed by atoms with van der Waals surface area (Å²) in [6, 6.07) is 18.1. The van der Waals surface area contributed by atoms with Crippen LogP contribution in [0.2, 0.25) is 0 Å². The van der Waals surface area contributed by atoms with Crippen molar-refractivity contribution in [2.24, 2.45) is 5.73 Å². The third-order valence-corrected chi connectivity index (χ3v) is 3.75. The van der Waals surface area contributed by atoms with Gasteiger partial charge in [0.2, 0.25) is 0 Å². The topological polar surface area (TPSA) is 47.1 Å². The van der Waals surface area contributed by atoms with Gasteiger partial charge in [-0.25, -0.2) is 4.98 Å². The molecular weight excluding hydrogens is 272 g/mol. The lowest BCUT2D eigenvalue weighted by molar-refractivity contribution is 0.758. The summed E-state index contributed by atoms with van der Waals surface area (Å²) < 4.78 is 2.03. The zero-order valence-electron chi connectivity index (χ0n) is 12.8. The van der Waals surface area contributed by atoms with Crippen LogP contribution in [0.4, 0.5) is 5.69 Å². The van der Waals surface area contributed by atoms with Crippen molar-refractivity contribution in [3.05, 3.63) is 78.4 Å². The summed E-state index contributed by atoms with van der Waals surface area (Å²) in [4.78, 5) is 6.52. The second-order valence-corrected chi connectivity index (χ2v) is 5.45. The molecule has 22 heavy (non-hydrogen) atoms. The van der Waals surface area contributed by atoms with E-state index in [1.165, 1.54) is 0 Å². The first-order valence-corrected chi connectivity index (χ1v) is 7.28. The molecule has 1 atom stereocenters. The molecule has 0 spiro atoms. The lowest BCUT2D eigenvalue weighted by atomic mass is 10.1. The number of hydrogen-bond acceptors (Lipinski definition) is 3. The van der Waals surface area contributed by atoms with E-state index in [0.717, 1.165) is 22.8 Å². The number of nitrogens with zero attached hydrogens (tertiary/aromatic N) is 3. The van der Waals surface area contributed by atoms with Gasteiger partial charge in [-0.3, -0.25) is 0 Å². The van der Waals surface area contributed by atoms with Gasteiger partial charge in [-0.15, -0.1) is 0 Å². The predicted molar refractivity (Wildman–Crippen MR) is 90.4 cm³/mol. The lowest BCUT2D eigenvalue weighted by Gasteiger charge is -2.17. The predicted octanol–water partition coefficient (Wildman–Crippen LogP) is 2.99. The van der Waals surface area contributed by atoms with Gasteiger partial charge >= 0.3 is 0 Å². The Balaban J connectivity index is 1.93. The van der Waals surface area contributed by atoms with Crippen molar-refractivity contribution in [1.29, 1.82) is 0 Å². The molecular formula is C18H20N4. The van der Waals surface area contributed by atoms with Gasteiger partial charge in [0.15, 0.2) is 0 Å². The molecule has 112 valence electrons. The Morgan fingerprint density at radius 3 is 2.32 bits per heavy atom. The van der Waals surface area contributed by atoms with Crippen molar-refractivity contribution in [1.82, 2.24) is 9.55 Å². The van der Waals surface area contributed by atoms with Crippen LogP contribution in [0.25, 0.3) is 5.69 Å². The zero-order valence-corrected chi connectivity index (χ0v) is 12.8. The molecule has 3 aromatic rings. The highest BCUT2D eigenvalue weighted by atomic mass is 15.1. The van der Waals surface area contributed by atoms with E-state index in [0.29, 0.717) is 0 Å². The summed E-state index contributed by atoms with van der Waals surface area (Å²) in [5.74, 6) is 0.837. The fraction of sp³-hybridized carbons (Fsp3) is 0.167. The van der Waals surface area contributed by atoms with Crippen molar-refractivity contribution in [3.8, 4) is 5.69 Å². The van der Waals surface area contributed by atoms with Crippen LogP contribution in [0.3, 0.4) is 0 Å². The van der Waals surface area contributed by atoms with Gasteiger partial charge in [-0.2, -0.15) is 0 Å². The summed E-state index contributed by atoms with van der Waals surface area (Å²) >= 11 is 0. The highest BCUT2D eigenvalue weighted by molar-refractivity contribution is 5.47. The third-order valence-electron chi connectivity index (χ3n) is 3.75. The SMILES string of the molecule is CN(C)c1ccc(C(N)c2nccn2-c2ccccc2)cc1. The van der Waals surface area contributed by atoms with Crippen molar-refractivity contribution in [2.75, 3.05) is 19.0 Å². The van der Waals surface area contributed by atoms with E-state index in [9.17, 15) is 0 Å². The molecule has 4 nitrogen and oxygen atoms in total. The molecule has 1 aromatic heterocycles. The highest BCUT2D eigenvalue weighted by Crippen LogP contribution is 2.23. The van der Waals surface area contributed by atoms with E-state index in [-0.39, 0.29) is 6.04 Å². The first-order valence-electron chi connectivity index (χ1n) is 7.28. The Hall–Kier alpha value is -2.59. The van der Waals surface area contributed by atoms with Crippen LogP contribution in [-0.2, 0) is 0 Å². The number of aromatic nitrogens is 2. The molecule has 0 aliphatic heterocycles. The van der Waals surface area contributed by atoms with Crippen LogP contribution < -0.4 is 10.6 Å². The second-order valence-electron chi connectivity index (χ2n) is 5.45. The van der Waals surface area contributed by atoms with Crippen molar-refractivity contribution in [2.45, 2.75) is 6.04 Å². The monoisotopic (exact) mass is 292 g/mol. The smallest absolute Gasteiger partial charge is 0.134 e. The fourth-order valence-corrected chi connectivity index (χ4v) is 2.48. The van der Waals surface area contributed by atoms with Crippen molar-refractivity contribution < 1.29 is 0 Å².